The van der Waals surface area contributed by atoms with Crippen LogP contribution in [0.25, 0.3) is 0 Å². The van der Waals surface area contributed by atoms with Crippen molar-refractivity contribution in [2.75, 3.05) is 25.6 Å². The molecule has 1 atom stereocenters. The zero-order chi connectivity index (χ0) is 14.4. The number of amides is 2. The number of carbonyl (C=O) groups excluding carboxylic acids is 2. The SMILES string of the molecule is COC(=O)c1nc(C)sc1NC(=O)NCC(C)CO. The Labute approximate surface area is 115 Å². The van der Waals surface area contributed by atoms with Crippen molar-refractivity contribution in [3.05, 3.63) is 10.7 Å². The van der Waals surface area contributed by atoms with Crippen LogP contribution in [-0.4, -0.2) is 42.4 Å². The number of methoxy groups -OCH3 is 1. The fourth-order valence-corrected chi connectivity index (χ4v) is 2.03. The molecule has 0 aromatic carbocycles. The highest BCUT2D eigenvalue weighted by atomic mass is 32.1. The summed E-state index contributed by atoms with van der Waals surface area (Å²) in [6.07, 6.45) is 0. The van der Waals surface area contributed by atoms with Gasteiger partial charge in [0.15, 0.2) is 5.69 Å². The Kier molecular flexibility index (Phi) is 5.71. The minimum absolute atomic E-state index is 0.00659. The van der Waals surface area contributed by atoms with Gasteiger partial charge in [0.1, 0.15) is 5.00 Å². The number of urea groups is 1. The first-order valence-corrected chi connectivity index (χ1v) is 6.51. The molecule has 2 amide bonds. The van der Waals surface area contributed by atoms with Crippen LogP contribution in [0.4, 0.5) is 9.80 Å². The predicted molar refractivity (Wildman–Crippen MR) is 71.5 cm³/mol. The van der Waals surface area contributed by atoms with E-state index >= 15 is 0 Å². The maximum Gasteiger partial charge on any atom is 0.359 e. The summed E-state index contributed by atoms with van der Waals surface area (Å²) in [7, 11) is 1.25. The van der Waals surface area contributed by atoms with Crippen LogP contribution in [-0.2, 0) is 4.74 Å². The highest BCUT2D eigenvalue weighted by Crippen LogP contribution is 2.24. The van der Waals surface area contributed by atoms with E-state index in [2.05, 4.69) is 20.4 Å². The monoisotopic (exact) mass is 287 g/mol. The summed E-state index contributed by atoms with van der Waals surface area (Å²) >= 11 is 1.19. The van der Waals surface area contributed by atoms with Crippen LogP contribution in [0.15, 0.2) is 0 Å². The predicted octanol–water partition coefficient (Wildman–Crippen LogP) is 0.988. The van der Waals surface area contributed by atoms with Crippen LogP contribution < -0.4 is 10.6 Å². The third-order valence-electron chi connectivity index (χ3n) is 2.26. The zero-order valence-corrected chi connectivity index (χ0v) is 11.8. The highest BCUT2D eigenvalue weighted by Gasteiger charge is 2.19. The molecular formula is C11H17N3O4S. The van der Waals surface area contributed by atoms with Crippen LogP contribution in [0, 0.1) is 12.8 Å². The standard InChI is InChI=1S/C11H17N3O4S/c1-6(5-15)4-12-11(17)14-9-8(10(16)18-3)13-7(2)19-9/h6,15H,4-5H2,1-3H3,(H2,12,14,17). The molecule has 0 bridgehead atoms. The minimum atomic E-state index is -0.594. The lowest BCUT2D eigenvalue weighted by Gasteiger charge is -2.10. The molecule has 1 rings (SSSR count). The molecule has 1 unspecified atom stereocenters. The van der Waals surface area contributed by atoms with E-state index in [1.54, 1.807) is 13.8 Å². The molecule has 0 spiro atoms. The van der Waals surface area contributed by atoms with Gasteiger partial charge in [0.25, 0.3) is 0 Å². The zero-order valence-electron chi connectivity index (χ0n) is 11.0. The number of aliphatic hydroxyl groups is 1. The quantitative estimate of drug-likeness (QED) is 0.701. The number of ether oxygens (including phenoxy) is 1. The van der Waals surface area contributed by atoms with Gasteiger partial charge in [0, 0.05) is 13.2 Å². The Morgan fingerprint density at radius 1 is 1.53 bits per heavy atom. The second-order valence-electron chi connectivity index (χ2n) is 4.02. The van der Waals surface area contributed by atoms with Crippen molar-refractivity contribution in [3.63, 3.8) is 0 Å². The molecule has 0 saturated heterocycles. The van der Waals surface area contributed by atoms with E-state index in [0.29, 0.717) is 16.6 Å². The van der Waals surface area contributed by atoms with Crippen LogP contribution in [0.5, 0.6) is 0 Å². The van der Waals surface area contributed by atoms with E-state index in [9.17, 15) is 9.59 Å². The Hall–Kier alpha value is -1.67. The lowest BCUT2D eigenvalue weighted by molar-refractivity contribution is 0.0596. The second kappa shape index (κ2) is 7.05. The van der Waals surface area contributed by atoms with Crippen molar-refractivity contribution in [2.24, 2.45) is 5.92 Å². The fraction of sp³-hybridized carbons (Fsp3) is 0.545. The maximum atomic E-state index is 11.6. The summed E-state index contributed by atoms with van der Waals surface area (Å²) in [6.45, 7) is 3.87. The van der Waals surface area contributed by atoms with E-state index in [1.165, 1.54) is 18.4 Å². The normalized spacial score (nSPS) is 11.8. The summed E-state index contributed by atoms with van der Waals surface area (Å²) in [5.74, 6) is -0.627. The van der Waals surface area contributed by atoms with Gasteiger partial charge in [-0.15, -0.1) is 11.3 Å². The first-order chi connectivity index (χ1) is 8.97. The number of hydrogen-bond donors (Lipinski definition) is 3. The molecule has 0 saturated carbocycles. The third kappa shape index (κ3) is 4.49. The summed E-state index contributed by atoms with van der Waals surface area (Å²) in [6, 6.07) is -0.450. The number of nitrogens with zero attached hydrogens (tertiary/aromatic N) is 1. The molecule has 1 aromatic rings. The lowest BCUT2D eigenvalue weighted by atomic mass is 10.2. The number of hydrogen-bond acceptors (Lipinski definition) is 6. The van der Waals surface area contributed by atoms with Crippen molar-refractivity contribution in [3.8, 4) is 0 Å². The number of nitrogens with one attached hydrogen (secondary N) is 2. The molecule has 19 heavy (non-hydrogen) atoms. The average Bonchev–Trinajstić information content (AvgIpc) is 2.75. The molecular weight excluding hydrogens is 270 g/mol. The number of aryl methyl sites for hydroxylation is 1. The maximum absolute atomic E-state index is 11.6. The number of aromatic nitrogens is 1. The largest absolute Gasteiger partial charge is 0.464 e. The molecule has 8 heteroatoms. The summed E-state index contributed by atoms with van der Waals surface area (Å²) in [5, 5.41) is 15.0. The van der Waals surface area contributed by atoms with Gasteiger partial charge in [-0.25, -0.2) is 14.6 Å². The third-order valence-corrected chi connectivity index (χ3v) is 3.15. The van der Waals surface area contributed by atoms with E-state index in [0.717, 1.165) is 0 Å². The second-order valence-corrected chi connectivity index (χ2v) is 5.23. The number of esters is 1. The highest BCUT2D eigenvalue weighted by molar-refractivity contribution is 7.16. The van der Waals surface area contributed by atoms with Crippen molar-refractivity contribution < 1.29 is 19.4 Å². The number of thiazole rings is 1. The topological polar surface area (TPSA) is 101 Å². The van der Waals surface area contributed by atoms with Crippen LogP contribution in [0.1, 0.15) is 22.4 Å². The molecule has 3 N–H and O–H groups in total. The van der Waals surface area contributed by atoms with E-state index < -0.39 is 12.0 Å². The average molecular weight is 287 g/mol. The van der Waals surface area contributed by atoms with Gasteiger partial charge in [0.05, 0.1) is 12.1 Å². The van der Waals surface area contributed by atoms with Gasteiger partial charge < -0.3 is 15.2 Å². The Morgan fingerprint density at radius 2 is 2.21 bits per heavy atom. The van der Waals surface area contributed by atoms with Crippen LogP contribution in [0.3, 0.4) is 0 Å². The molecule has 0 aliphatic heterocycles. The molecule has 7 nitrogen and oxygen atoms in total. The minimum Gasteiger partial charge on any atom is -0.464 e. The molecule has 0 fully saturated rings. The van der Waals surface area contributed by atoms with Crippen molar-refractivity contribution in [1.29, 1.82) is 0 Å². The van der Waals surface area contributed by atoms with Gasteiger partial charge in [-0.05, 0) is 12.8 Å². The van der Waals surface area contributed by atoms with Crippen LogP contribution in [0.2, 0.25) is 0 Å². The first-order valence-electron chi connectivity index (χ1n) is 5.69. The van der Waals surface area contributed by atoms with E-state index in [-0.39, 0.29) is 18.2 Å². The molecule has 106 valence electrons. The number of anilines is 1. The van der Waals surface area contributed by atoms with E-state index in [4.69, 9.17) is 5.11 Å². The van der Waals surface area contributed by atoms with Gasteiger partial charge in [-0.1, -0.05) is 6.92 Å². The smallest absolute Gasteiger partial charge is 0.359 e. The first kappa shape index (κ1) is 15.4. The van der Waals surface area contributed by atoms with Gasteiger partial charge in [0.2, 0.25) is 0 Å². The fourth-order valence-electron chi connectivity index (χ4n) is 1.23. The van der Waals surface area contributed by atoms with Crippen molar-refractivity contribution in [1.82, 2.24) is 10.3 Å². The van der Waals surface area contributed by atoms with Gasteiger partial charge >= 0.3 is 12.0 Å². The number of carbonyl (C=O) groups is 2. The number of rotatable bonds is 5. The summed E-state index contributed by atoms with van der Waals surface area (Å²) in [4.78, 5) is 27.1. The molecule has 0 aliphatic carbocycles. The molecule has 0 radical (unpaired) electrons. The Balaban J connectivity index is 2.66. The van der Waals surface area contributed by atoms with Gasteiger partial charge in [-0.2, -0.15) is 0 Å². The molecule has 1 heterocycles. The van der Waals surface area contributed by atoms with Crippen LogP contribution >= 0.6 is 11.3 Å². The summed E-state index contributed by atoms with van der Waals surface area (Å²) < 4.78 is 4.59. The Bertz CT molecular complexity index is 461. The van der Waals surface area contributed by atoms with Gasteiger partial charge in [-0.3, -0.25) is 5.32 Å². The number of aliphatic hydroxyl groups excluding tert-OH is 1. The Morgan fingerprint density at radius 3 is 2.79 bits per heavy atom. The molecule has 0 aliphatic rings. The lowest BCUT2D eigenvalue weighted by Crippen LogP contribution is -2.33. The van der Waals surface area contributed by atoms with Crippen molar-refractivity contribution in [2.45, 2.75) is 13.8 Å². The summed E-state index contributed by atoms with van der Waals surface area (Å²) in [5.41, 5.74) is 0.0929. The molecule has 1 aromatic heterocycles. The van der Waals surface area contributed by atoms with Crippen molar-refractivity contribution >= 4 is 28.3 Å². The van der Waals surface area contributed by atoms with E-state index in [1.807, 2.05) is 0 Å².